The van der Waals surface area contributed by atoms with Crippen molar-refractivity contribution in [2.75, 3.05) is 0 Å². The van der Waals surface area contributed by atoms with Gasteiger partial charge in [0.2, 0.25) is 0 Å². The van der Waals surface area contributed by atoms with E-state index in [1.165, 1.54) is 6.20 Å². The summed E-state index contributed by atoms with van der Waals surface area (Å²) in [5.74, 6) is -1.39. The molecule has 0 unspecified atom stereocenters. The molecular weight excluding hydrogens is 292 g/mol. The third-order valence-corrected chi connectivity index (χ3v) is 3.80. The van der Waals surface area contributed by atoms with E-state index in [0.717, 1.165) is 36.6 Å². The molecule has 1 atom stereocenters. The van der Waals surface area contributed by atoms with E-state index in [9.17, 15) is 14.7 Å². The zero-order valence-electron chi connectivity index (χ0n) is 13.3. The normalized spacial score (nSPS) is 12.0. The molecule has 0 radical (unpaired) electrons. The van der Waals surface area contributed by atoms with Crippen LogP contribution in [0.2, 0.25) is 0 Å². The van der Waals surface area contributed by atoms with Crippen LogP contribution >= 0.6 is 0 Å². The van der Waals surface area contributed by atoms with Gasteiger partial charge in [-0.3, -0.25) is 9.78 Å². The van der Waals surface area contributed by atoms with Gasteiger partial charge in [-0.25, -0.2) is 4.79 Å². The second kappa shape index (κ2) is 8.27. The molecule has 122 valence electrons. The van der Waals surface area contributed by atoms with Crippen molar-refractivity contribution in [2.45, 2.75) is 45.1 Å². The lowest BCUT2D eigenvalue weighted by Gasteiger charge is -2.14. The summed E-state index contributed by atoms with van der Waals surface area (Å²) in [5, 5.41) is 12.7. The molecule has 0 aliphatic heterocycles. The van der Waals surface area contributed by atoms with E-state index in [1.54, 1.807) is 6.07 Å². The first-order valence-electron chi connectivity index (χ1n) is 8.00. The van der Waals surface area contributed by atoms with Gasteiger partial charge in [0.1, 0.15) is 6.04 Å². The first-order chi connectivity index (χ1) is 11.1. The van der Waals surface area contributed by atoms with Crippen molar-refractivity contribution in [1.29, 1.82) is 0 Å². The van der Waals surface area contributed by atoms with Crippen LogP contribution in [0.1, 0.15) is 49.4 Å². The molecule has 0 aliphatic rings. The summed E-state index contributed by atoms with van der Waals surface area (Å²) in [4.78, 5) is 27.8. The van der Waals surface area contributed by atoms with Crippen molar-refractivity contribution in [3.8, 4) is 0 Å². The van der Waals surface area contributed by atoms with Crippen molar-refractivity contribution < 1.29 is 14.7 Å². The van der Waals surface area contributed by atoms with Crippen molar-refractivity contribution in [1.82, 2.24) is 10.3 Å². The number of fused-ring (bicyclic) bond motifs is 1. The average Bonchev–Trinajstić information content (AvgIpc) is 2.56. The number of pyridine rings is 1. The summed E-state index contributed by atoms with van der Waals surface area (Å²) in [6.45, 7) is 2.10. The first-order valence-corrected chi connectivity index (χ1v) is 8.00. The fourth-order valence-electron chi connectivity index (χ4n) is 2.47. The van der Waals surface area contributed by atoms with Crippen LogP contribution in [0.5, 0.6) is 0 Å². The second-order valence-electron chi connectivity index (χ2n) is 5.63. The fourth-order valence-corrected chi connectivity index (χ4v) is 2.47. The molecule has 1 amide bonds. The topological polar surface area (TPSA) is 79.3 Å². The Morgan fingerprint density at radius 1 is 1.22 bits per heavy atom. The SMILES string of the molecule is CCCCCC[C@H](NC(=O)c1cnc2ccccc2c1)C(=O)O. The Hall–Kier alpha value is -2.43. The molecule has 0 fully saturated rings. The predicted molar refractivity (Wildman–Crippen MR) is 89.4 cm³/mol. The highest BCUT2D eigenvalue weighted by Crippen LogP contribution is 2.13. The Kier molecular flexibility index (Phi) is 6.09. The minimum absolute atomic E-state index is 0.378. The molecule has 0 aliphatic carbocycles. The first kappa shape index (κ1) is 16.9. The molecule has 1 heterocycles. The molecular formula is C18H22N2O3. The van der Waals surface area contributed by atoms with Gasteiger partial charge in [-0.05, 0) is 18.6 Å². The molecule has 23 heavy (non-hydrogen) atoms. The molecule has 0 saturated carbocycles. The van der Waals surface area contributed by atoms with Crippen LogP contribution in [0.4, 0.5) is 0 Å². The van der Waals surface area contributed by atoms with Gasteiger partial charge < -0.3 is 10.4 Å². The summed E-state index contributed by atoms with van der Waals surface area (Å²) in [6, 6.07) is 8.37. The van der Waals surface area contributed by atoms with Gasteiger partial charge in [0.25, 0.3) is 5.91 Å². The van der Waals surface area contributed by atoms with Gasteiger partial charge in [0.05, 0.1) is 11.1 Å². The van der Waals surface area contributed by atoms with Crippen molar-refractivity contribution in [3.05, 3.63) is 42.1 Å². The number of rotatable bonds is 8. The zero-order chi connectivity index (χ0) is 16.7. The minimum atomic E-state index is -0.997. The number of carboxylic acid groups (broad SMARTS) is 1. The van der Waals surface area contributed by atoms with Crippen LogP contribution in [0.25, 0.3) is 10.9 Å². The molecule has 2 rings (SSSR count). The number of hydrogen-bond donors (Lipinski definition) is 2. The molecule has 1 aromatic carbocycles. The lowest BCUT2D eigenvalue weighted by atomic mass is 10.1. The predicted octanol–water partition coefficient (Wildman–Crippen LogP) is 3.39. The molecule has 1 aromatic heterocycles. The summed E-state index contributed by atoms with van der Waals surface area (Å²) >= 11 is 0. The second-order valence-corrected chi connectivity index (χ2v) is 5.63. The molecule has 2 aromatic rings. The summed E-state index contributed by atoms with van der Waals surface area (Å²) in [6.07, 6.45) is 5.87. The number of benzene rings is 1. The van der Waals surface area contributed by atoms with Gasteiger partial charge in [-0.2, -0.15) is 0 Å². The number of nitrogens with one attached hydrogen (secondary N) is 1. The van der Waals surface area contributed by atoms with Crippen LogP contribution < -0.4 is 5.32 Å². The number of carbonyl (C=O) groups is 2. The van der Waals surface area contributed by atoms with Crippen LogP contribution in [0.3, 0.4) is 0 Å². The number of aromatic nitrogens is 1. The van der Waals surface area contributed by atoms with E-state index in [4.69, 9.17) is 0 Å². The van der Waals surface area contributed by atoms with Crippen molar-refractivity contribution in [2.24, 2.45) is 0 Å². The van der Waals surface area contributed by atoms with E-state index in [-0.39, 0.29) is 0 Å². The third-order valence-electron chi connectivity index (χ3n) is 3.80. The van der Waals surface area contributed by atoms with E-state index in [0.29, 0.717) is 12.0 Å². The fraction of sp³-hybridized carbons (Fsp3) is 0.389. The number of nitrogens with zero attached hydrogens (tertiary/aromatic N) is 1. The van der Waals surface area contributed by atoms with E-state index >= 15 is 0 Å². The van der Waals surface area contributed by atoms with E-state index in [2.05, 4.69) is 17.2 Å². The van der Waals surface area contributed by atoms with Crippen molar-refractivity contribution >= 4 is 22.8 Å². The standard InChI is InChI=1S/C18H22N2O3/c1-2-3-4-5-10-16(18(22)23)20-17(21)14-11-13-8-6-7-9-15(13)19-12-14/h6-9,11-12,16H,2-5,10H2,1H3,(H,20,21)(H,22,23)/t16-/m0/s1. The van der Waals surface area contributed by atoms with E-state index < -0.39 is 17.9 Å². The molecule has 0 bridgehead atoms. The Morgan fingerprint density at radius 2 is 2.00 bits per heavy atom. The lowest BCUT2D eigenvalue weighted by molar-refractivity contribution is -0.139. The Bertz CT molecular complexity index is 685. The van der Waals surface area contributed by atoms with Gasteiger partial charge in [0, 0.05) is 11.6 Å². The Morgan fingerprint density at radius 3 is 2.74 bits per heavy atom. The van der Waals surface area contributed by atoms with Gasteiger partial charge in [-0.15, -0.1) is 0 Å². The van der Waals surface area contributed by atoms with Crippen LogP contribution in [0.15, 0.2) is 36.5 Å². The van der Waals surface area contributed by atoms with Crippen LogP contribution in [-0.2, 0) is 4.79 Å². The van der Waals surface area contributed by atoms with Crippen molar-refractivity contribution in [3.63, 3.8) is 0 Å². The molecule has 5 nitrogen and oxygen atoms in total. The molecule has 0 spiro atoms. The maximum atomic E-state index is 12.3. The zero-order valence-corrected chi connectivity index (χ0v) is 13.3. The van der Waals surface area contributed by atoms with Gasteiger partial charge in [-0.1, -0.05) is 50.8 Å². The van der Waals surface area contributed by atoms with Gasteiger partial charge >= 0.3 is 5.97 Å². The maximum Gasteiger partial charge on any atom is 0.326 e. The maximum absolute atomic E-state index is 12.3. The Labute approximate surface area is 135 Å². The van der Waals surface area contributed by atoms with Gasteiger partial charge in [0.15, 0.2) is 0 Å². The lowest BCUT2D eigenvalue weighted by Crippen LogP contribution is -2.40. The highest BCUT2D eigenvalue weighted by molar-refractivity contribution is 5.99. The monoisotopic (exact) mass is 314 g/mol. The van der Waals surface area contributed by atoms with Crippen LogP contribution in [0, 0.1) is 0 Å². The number of para-hydroxylation sites is 1. The molecule has 5 heteroatoms. The number of carboxylic acids is 1. The molecule has 0 saturated heterocycles. The number of amides is 1. The number of unbranched alkanes of at least 4 members (excludes halogenated alkanes) is 3. The molecule has 2 N–H and O–H groups in total. The van der Waals surface area contributed by atoms with Crippen LogP contribution in [-0.4, -0.2) is 28.0 Å². The average molecular weight is 314 g/mol. The highest BCUT2D eigenvalue weighted by Gasteiger charge is 2.20. The summed E-state index contributed by atoms with van der Waals surface area (Å²) in [5.41, 5.74) is 1.18. The third kappa shape index (κ3) is 4.77. The number of carbonyl (C=O) groups excluding carboxylic acids is 1. The highest BCUT2D eigenvalue weighted by atomic mass is 16.4. The Balaban J connectivity index is 2.03. The minimum Gasteiger partial charge on any atom is -0.480 e. The summed E-state index contributed by atoms with van der Waals surface area (Å²) < 4.78 is 0. The summed E-state index contributed by atoms with van der Waals surface area (Å²) in [7, 11) is 0. The number of aliphatic carboxylic acids is 1. The quantitative estimate of drug-likeness (QED) is 0.732. The van der Waals surface area contributed by atoms with E-state index in [1.807, 2.05) is 24.3 Å². The largest absolute Gasteiger partial charge is 0.480 e. The number of hydrogen-bond acceptors (Lipinski definition) is 3. The smallest absolute Gasteiger partial charge is 0.326 e.